The van der Waals surface area contributed by atoms with Crippen molar-refractivity contribution in [3.8, 4) is 0 Å². The third-order valence-electron chi connectivity index (χ3n) is 3.01. The van der Waals surface area contributed by atoms with Gasteiger partial charge in [-0.3, -0.25) is 9.05 Å². The number of nitrogens with one attached hydrogen (secondary N) is 1. The first-order valence-corrected chi connectivity index (χ1v) is 10.2. The first-order valence-electron chi connectivity index (χ1n) is 8.70. The van der Waals surface area contributed by atoms with E-state index in [1.165, 1.54) is 0 Å². The van der Waals surface area contributed by atoms with Crippen LogP contribution in [0.25, 0.3) is 0 Å². The molecule has 0 aliphatic carbocycles. The molecule has 0 aromatic rings. The van der Waals surface area contributed by atoms with Gasteiger partial charge in [0.1, 0.15) is 18.8 Å². The second kappa shape index (κ2) is 11.1. The van der Waals surface area contributed by atoms with Crippen molar-refractivity contribution in [2.45, 2.75) is 52.1 Å². The molecule has 0 saturated heterocycles. The Labute approximate surface area is 152 Å². The van der Waals surface area contributed by atoms with Crippen molar-refractivity contribution in [3.63, 3.8) is 0 Å². The average Bonchev–Trinajstić information content (AvgIpc) is 2.37. The zero-order valence-corrected chi connectivity index (χ0v) is 17.4. The highest BCUT2D eigenvalue weighted by Crippen LogP contribution is 2.43. The molecule has 9 heteroatoms. The highest BCUT2D eigenvalue weighted by atomic mass is 31.2. The zero-order valence-electron chi connectivity index (χ0n) is 16.5. The van der Waals surface area contributed by atoms with Crippen LogP contribution in [0.4, 0.5) is 4.79 Å². The standard InChI is InChI=1S/C16H35N2O6P/c1-16(2,3)24-15(19)17-11-9-7-8-10-13-22-25(20,21)23-14-12-18(4,5)6/h7-14H2,1-6H3,(H-,17,19,20,21)/p+1. The smallest absolute Gasteiger partial charge is 0.444 e. The van der Waals surface area contributed by atoms with Crippen LogP contribution in [0.15, 0.2) is 0 Å². The van der Waals surface area contributed by atoms with Crippen molar-refractivity contribution in [1.29, 1.82) is 0 Å². The number of carbonyl (C=O) groups excluding carboxylic acids is 1. The van der Waals surface area contributed by atoms with Gasteiger partial charge in [0.2, 0.25) is 0 Å². The van der Waals surface area contributed by atoms with Gasteiger partial charge < -0.3 is 19.4 Å². The number of amides is 1. The summed E-state index contributed by atoms with van der Waals surface area (Å²) < 4.78 is 27.3. The molecule has 25 heavy (non-hydrogen) atoms. The van der Waals surface area contributed by atoms with Crippen molar-refractivity contribution in [2.24, 2.45) is 0 Å². The molecule has 0 bridgehead atoms. The van der Waals surface area contributed by atoms with E-state index in [0.717, 1.165) is 19.3 Å². The predicted molar refractivity (Wildman–Crippen MR) is 97.3 cm³/mol. The third kappa shape index (κ3) is 17.9. The molecule has 0 saturated carbocycles. The second-order valence-electron chi connectivity index (χ2n) is 7.99. The van der Waals surface area contributed by atoms with Crippen molar-refractivity contribution < 1.29 is 32.5 Å². The zero-order chi connectivity index (χ0) is 19.6. The van der Waals surface area contributed by atoms with Crippen LogP contribution >= 0.6 is 7.82 Å². The lowest BCUT2D eigenvalue weighted by Gasteiger charge is -2.24. The van der Waals surface area contributed by atoms with Crippen LogP contribution in [0.3, 0.4) is 0 Å². The van der Waals surface area contributed by atoms with Gasteiger partial charge >= 0.3 is 13.9 Å². The van der Waals surface area contributed by atoms with Gasteiger partial charge in [-0.15, -0.1) is 0 Å². The molecular formula is C16H36N2O6P+. The lowest BCUT2D eigenvalue weighted by atomic mass is 10.2. The quantitative estimate of drug-likeness (QED) is 0.306. The highest BCUT2D eigenvalue weighted by molar-refractivity contribution is 7.47. The minimum Gasteiger partial charge on any atom is -0.444 e. The SMILES string of the molecule is CC(C)(C)OC(=O)NCCCCCCOP(=O)(O)OCC[N+](C)(C)C. The molecule has 1 atom stereocenters. The fourth-order valence-electron chi connectivity index (χ4n) is 1.73. The van der Waals surface area contributed by atoms with Gasteiger partial charge in [0.05, 0.1) is 27.7 Å². The lowest BCUT2D eigenvalue weighted by molar-refractivity contribution is -0.870. The summed E-state index contributed by atoms with van der Waals surface area (Å²) in [4.78, 5) is 21.0. The van der Waals surface area contributed by atoms with Gasteiger partial charge in [-0.25, -0.2) is 9.36 Å². The van der Waals surface area contributed by atoms with Crippen LogP contribution in [0.2, 0.25) is 0 Å². The number of rotatable bonds is 12. The number of hydrogen-bond acceptors (Lipinski definition) is 5. The number of phosphoric acid groups is 1. The molecule has 1 unspecified atom stereocenters. The monoisotopic (exact) mass is 383 g/mol. The molecule has 0 aliphatic heterocycles. The fraction of sp³-hybridized carbons (Fsp3) is 0.938. The average molecular weight is 383 g/mol. The van der Waals surface area contributed by atoms with Crippen LogP contribution in [0.1, 0.15) is 46.5 Å². The summed E-state index contributed by atoms with van der Waals surface area (Å²) in [5.74, 6) is 0. The van der Waals surface area contributed by atoms with Crippen molar-refractivity contribution >= 4 is 13.9 Å². The Morgan fingerprint density at radius 3 is 2.16 bits per heavy atom. The summed E-state index contributed by atoms with van der Waals surface area (Å²) in [6.45, 7) is 6.97. The van der Waals surface area contributed by atoms with E-state index in [-0.39, 0.29) is 13.2 Å². The Bertz CT molecular complexity index is 431. The van der Waals surface area contributed by atoms with E-state index in [1.54, 1.807) is 0 Å². The third-order valence-corrected chi connectivity index (χ3v) is 4.03. The molecule has 150 valence electrons. The van der Waals surface area contributed by atoms with Crippen LogP contribution in [0, 0.1) is 0 Å². The molecule has 0 rings (SSSR count). The Balaban J connectivity index is 3.60. The van der Waals surface area contributed by atoms with Crippen molar-refractivity contribution in [2.75, 3.05) is 47.4 Å². The second-order valence-corrected chi connectivity index (χ2v) is 9.45. The van der Waals surface area contributed by atoms with Crippen molar-refractivity contribution in [3.05, 3.63) is 0 Å². The molecule has 0 aliphatic rings. The van der Waals surface area contributed by atoms with Gasteiger partial charge in [-0.2, -0.15) is 0 Å². The van der Waals surface area contributed by atoms with E-state index < -0.39 is 19.5 Å². The highest BCUT2D eigenvalue weighted by Gasteiger charge is 2.22. The van der Waals surface area contributed by atoms with Gasteiger partial charge in [-0.1, -0.05) is 12.8 Å². The normalized spacial score (nSPS) is 14.8. The van der Waals surface area contributed by atoms with Crippen molar-refractivity contribution in [1.82, 2.24) is 5.32 Å². The molecule has 8 nitrogen and oxygen atoms in total. The van der Waals surface area contributed by atoms with E-state index in [2.05, 4.69) is 5.32 Å². The lowest BCUT2D eigenvalue weighted by Crippen LogP contribution is -2.37. The Morgan fingerprint density at radius 1 is 1.04 bits per heavy atom. The molecule has 0 aromatic carbocycles. The minimum absolute atomic E-state index is 0.174. The summed E-state index contributed by atoms with van der Waals surface area (Å²) in [7, 11) is 1.97. The number of likely N-dealkylation sites (N-methyl/N-ethyl adjacent to an activating group) is 1. The molecule has 0 fully saturated rings. The van der Waals surface area contributed by atoms with Crippen LogP contribution in [-0.2, 0) is 18.3 Å². The van der Waals surface area contributed by atoms with Gasteiger partial charge in [-0.05, 0) is 33.6 Å². The molecule has 0 heterocycles. The Morgan fingerprint density at radius 2 is 1.60 bits per heavy atom. The number of carbonyl (C=O) groups is 1. The number of unbranched alkanes of at least 4 members (excludes halogenated alkanes) is 3. The summed E-state index contributed by atoms with van der Waals surface area (Å²) >= 11 is 0. The van der Waals surface area contributed by atoms with Gasteiger partial charge in [0, 0.05) is 6.54 Å². The summed E-state index contributed by atoms with van der Waals surface area (Å²) in [6, 6.07) is 0. The van der Waals surface area contributed by atoms with E-state index in [1.807, 2.05) is 41.9 Å². The maximum atomic E-state index is 11.7. The van der Waals surface area contributed by atoms with E-state index in [4.69, 9.17) is 13.8 Å². The number of quaternary nitrogens is 1. The molecule has 0 spiro atoms. The van der Waals surface area contributed by atoms with Crippen LogP contribution < -0.4 is 5.32 Å². The number of nitrogens with zero attached hydrogens (tertiary/aromatic N) is 1. The molecule has 2 N–H and O–H groups in total. The minimum atomic E-state index is -3.96. The van der Waals surface area contributed by atoms with E-state index >= 15 is 0 Å². The van der Waals surface area contributed by atoms with E-state index in [0.29, 0.717) is 24.0 Å². The fourth-order valence-corrected chi connectivity index (χ4v) is 2.48. The van der Waals surface area contributed by atoms with Gasteiger partial charge in [0.25, 0.3) is 0 Å². The largest absolute Gasteiger partial charge is 0.472 e. The summed E-state index contributed by atoms with van der Waals surface area (Å²) in [5.41, 5.74) is -0.492. The summed E-state index contributed by atoms with van der Waals surface area (Å²) in [6.07, 6.45) is 2.79. The Hall–Kier alpha value is -0.660. The number of alkyl carbamates (subject to hydrolysis) is 1. The maximum absolute atomic E-state index is 11.7. The topological polar surface area (TPSA) is 94.1 Å². The number of ether oxygens (including phenoxy) is 1. The summed E-state index contributed by atoms with van der Waals surface area (Å²) in [5, 5.41) is 2.69. The maximum Gasteiger partial charge on any atom is 0.472 e. The molecule has 0 radical (unpaired) electrons. The first kappa shape index (κ1) is 24.3. The molecule has 1 amide bonds. The first-order chi connectivity index (χ1) is 11.3. The molecule has 0 aromatic heterocycles. The Kier molecular flexibility index (Phi) is 10.8. The van der Waals surface area contributed by atoms with Crippen LogP contribution in [-0.4, -0.2) is 68.5 Å². The van der Waals surface area contributed by atoms with Gasteiger partial charge in [0.15, 0.2) is 0 Å². The van der Waals surface area contributed by atoms with E-state index in [9.17, 15) is 14.3 Å². The predicted octanol–water partition coefficient (Wildman–Crippen LogP) is 2.91. The molecular weight excluding hydrogens is 347 g/mol. The number of hydrogen-bond donors (Lipinski definition) is 2. The van der Waals surface area contributed by atoms with Crippen LogP contribution in [0.5, 0.6) is 0 Å². The number of phosphoric ester groups is 1.